The van der Waals surface area contributed by atoms with Crippen molar-refractivity contribution in [2.75, 3.05) is 7.11 Å². The largest absolute Gasteiger partial charge is 0.505 e. The van der Waals surface area contributed by atoms with Gasteiger partial charge in [-0.2, -0.15) is 0 Å². The molecule has 1 saturated carbocycles. The van der Waals surface area contributed by atoms with E-state index in [-0.39, 0.29) is 17.1 Å². The van der Waals surface area contributed by atoms with Gasteiger partial charge in [0, 0.05) is 0 Å². The number of benzene rings is 1. The number of ketones is 1. The van der Waals surface area contributed by atoms with Gasteiger partial charge in [0.05, 0.1) is 12.8 Å². The van der Waals surface area contributed by atoms with E-state index < -0.39 is 11.5 Å². The summed E-state index contributed by atoms with van der Waals surface area (Å²) in [5.74, 6) is -1.52. The lowest BCUT2D eigenvalue weighted by atomic mass is 9.82. The van der Waals surface area contributed by atoms with E-state index in [4.69, 9.17) is 4.74 Å². The molecule has 2 aliphatic rings. The van der Waals surface area contributed by atoms with Gasteiger partial charge in [-0.15, -0.1) is 0 Å². The lowest BCUT2D eigenvalue weighted by molar-refractivity contribution is -0.139. The van der Waals surface area contributed by atoms with E-state index in [0.29, 0.717) is 18.5 Å². The predicted molar refractivity (Wildman–Crippen MR) is 99.2 cm³/mol. The molecule has 1 fully saturated rings. The number of aliphatic hydroxyl groups is 1. The molecule has 5 heteroatoms. The van der Waals surface area contributed by atoms with Crippen LogP contribution >= 0.6 is 0 Å². The molecule has 1 heterocycles. The minimum atomic E-state index is -0.823. The van der Waals surface area contributed by atoms with E-state index in [1.54, 1.807) is 6.08 Å². The summed E-state index contributed by atoms with van der Waals surface area (Å²) in [6, 6.07) is 9.85. The second-order valence-electron chi connectivity index (χ2n) is 6.75. The highest BCUT2D eigenvalue weighted by molar-refractivity contribution is 6.22. The lowest BCUT2D eigenvalue weighted by Gasteiger charge is -2.35. The number of esters is 1. The Hall–Kier alpha value is -2.82. The first-order chi connectivity index (χ1) is 12.5. The number of hydrogen-bond donors (Lipinski definition) is 2. The molecule has 0 radical (unpaired) electrons. The number of aliphatic hydroxyl groups excluding tert-OH is 1. The van der Waals surface area contributed by atoms with Crippen molar-refractivity contribution in [3.05, 3.63) is 65.1 Å². The molecule has 3 rings (SSSR count). The van der Waals surface area contributed by atoms with Crippen LogP contribution in [-0.2, 0) is 14.3 Å². The summed E-state index contributed by atoms with van der Waals surface area (Å²) < 4.78 is 4.73. The Labute approximate surface area is 153 Å². The van der Waals surface area contributed by atoms with E-state index in [2.05, 4.69) is 5.32 Å². The van der Waals surface area contributed by atoms with Gasteiger partial charge in [-0.25, -0.2) is 4.79 Å². The van der Waals surface area contributed by atoms with Gasteiger partial charge in [-0.3, -0.25) is 4.79 Å². The standard InChI is InChI=1S/C21H23NO4/c1-14(15-8-4-3-5-9-15)10-11-16-18(23)17(20(25)26-2)19(24)21(22-16)12-6-7-13-21/h3-5,8-11,22-23H,6-7,12-13H2,1-2H3/b14-10+,16-11-. The van der Waals surface area contributed by atoms with Crippen LogP contribution in [0.25, 0.3) is 5.57 Å². The van der Waals surface area contributed by atoms with Gasteiger partial charge >= 0.3 is 5.97 Å². The van der Waals surface area contributed by atoms with Crippen molar-refractivity contribution >= 4 is 17.3 Å². The normalized spacial score (nSPS) is 21.2. The zero-order valence-corrected chi connectivity index (χ0v) is 15.0. The summed E-state index contributed by atoms with van der Waals surface area (Å²) in [6.07, 6.45) is 6.66. The first-order valence-corrected chi connectivity index (χ1v) is 8.77. The predicted octanol–water partition coefficient (Wildman–Crippen LogP) is 3.44. The summed E-state index contributed by atoms with van der Waals surface area (Å²) in [5, 5.41) is 13.7. The van der Waals surface area contributed by atoms with Crippen LogP contribution < -0.4 is 5.32 Å². The molecule has 0 aromatic heterocycles. The Morgan fingerprint density at radius 1 is 1.23 bits per heavy atom. The van der Waals surface area contributed by atoms with Crippen molar-refractivity contribution in [2.24, 2.45) is 0 Å². The molecule has 0 unspecified atom stereocenters. The maximum atomic E-state index is 12.8. The second kappa shape index (κ2) is 7.20. The minimum Gasteiger partial charge on any atom is -0.505 e. The fourth-order valence-corrected chi connectivity index (χ4v) is 3.60. The van der Waals surface area contributed by atoms with Crippen molar-refractivity contribution in [1.29, 1.82) is 0 Å². The van der Waals surface area contributed by atoms with Crippen molar-refractivity contribution in [1.82, 2.24) is 5.32 Å². The van der Waals surface area contributed by atoms with Crippen LogP contribution in [-0.4, -0.2) is 29.5 Å². The van der Waals surface area contributed by atoms with Gasteiger partial charge in [0.25, 0.3) is 0 Å². The molecule has 1 aliphatic carbocycles. The van der Waals surface area contributed by atoms with Crippen molar-refractivity contribution in [3.8, 4) is 0 Å². The van der Waals surface area contributed by atoms with Crippen molar-refractivity contribution in [2.45, 2.75) is 38.1 Å². The first-order valence-electron chi connectivity index (χ1n) is 8.77. The molecule has 0 atom stereocenters. The molecule has 0 saturated heterocycles. The number of allylic oxidation sites excluding steroid dienone is 3. The third-order valence-electron chi connectivity index (χ3n) is 5.10. The third kappa shape index (κ3) is 3.17. The molecular weight excluding hydrogens is 330 g/mol. The van der Waals surface area contributed by atoms with Crippen LogP contribution in [0.4, 0.5) is 0 Å². The Bertz CT molecular complexity index is 812. The van der Waals surface area contributed by atoms with E-state index in [1.165, 1.54) is 7.11 Å². The van der Waals surface area contributed by atoms with Gasteiger partial charge in [-0.1, -0.05) is 49.2 Å². The van der Waals surface area contributed by atoms with Crippen LogP contribution in [0.15, 0.2) is 59.5 Å². The van der Waals surface area contributed by atoms with E-state index in [0.717, 1.165) is 24.0 Å². The van der Waals surface area contributed by atoms with Gasteiger partial charge < -0.3 is 15.2 Å². The van der Waals surface area contributed by atoms with E-state index in [1.807, 2.05) is 43.3 Å². The SMILES string of the molecule is COC(=O)C1=C(O)/C(=C/C=C(\C)c2ccccc2)NC2(CCCC2)C1=O. The third-order valence-corrected chi connectivity index (χ3v) is 5.10. The van der Waals surface area contributed by atoms with E-state index >= 15 is 0 Å². The minimum absolute atomic E-state index is 0.259. The Morgan fingerprint density at radius 2 is 1.88 bits per heavy atom. The first kappa shape index (κ1) is 18.0. The highest BCUT2D eigenvalue weighted by Gasteiger charge is 2.49. The molecule has 1 spiro atoms. The Kier molecular flexibility index (Phi) is 4.98. The zero-order chi connectivity index (χ0) is 18.7. The molecule has 5 nitrogen and oxygen atoms in total. The van der Waals surface area contributed by atoms with Crippen LogP contribution in [0.3, 0.4) is 0 Å². The summed E-state index contributed by atoms with van der Waals surface area (Å²) in [5.41, 5.74) is 1.36. The van der Waals surface area contributed by atoms with Crippen LogP contribution in [0.2, 0.25) is 0 Å². The molecular formula is C21H23NO4. The Balaban J connectivity index is 2.03. The van der Waals surface area contributed by atoms with Gasteiger partial charge in [0.15, 0.2) is 11.5 Å². The second-order valence-corrected chi connectivity index (χ2v) is 6.75. The summed E-state index contributed by atoms with van der Waals surface area (Å²) in [4.78, 5) is 24.9. The highest BCUT2D eigenvalue weighted by atomic mass is 16.5. The molecule has 0 amide bonds. The number of rotatable bonds is 3. The topological polar surface area (TPSA) is 75.6 Å². The summed E-state index contributed by atoms with van der Waals surface area (Å²) in [7, 11) is 1.21. The molecule has 0 bridgehead atoms. The van der Waals surface area contributed by atoms with Crippen molar-refractivity contribution in [3.63, 3.8) is 0 Å². The summed E-state index contributed by atoms with van der Waals surface area (Å²) >= 11 is 0. The number of Topliss-reactive ketones (excluding diaryl/α,β-unsaturated/α-hetero) is 1. The van der Waals surface area contributed by atoms with Crippen molar-refractivity contribution < 1.29 is 19.4 Å². The van der Waals surface area contributed by atoms with Gasteiger partial charge in [-0.05, 0) is 37.0 Å². The highest BCUT2D eigenvalue weighted by Crippen LogP contribution is 2.38. The van der Waals surface area contributed by atoms with Crippen LogP contribution in [0, 0.1) is 0 Å². The number of carbonyl (C=O) groups is 2. The van der Waals surface area contributed by atoms with Crippen LogP contribution in [0.1, 0.15) is 38.2 Å². The number of ether oxygens (including phenoxy) is 1. The number of nitrogens with one attached hydrogen (secondary N) is 1. The molecule has 1 aliphatic heterocycles. The fourth-order valence-electron chi connectivity index (χ4n) is 3.60. The van der Waals surface area contributed by atoms with Gasteiger partial charge in [0.2, 0.25) is 0 Å². The van der Waals surface area contributed by atoms with Gasteiger partial charge in [0.1, 0.15) is 11.1 Å². The molecule has 2 N–H and O–H groups in total. The molecule has 136 valence electrons. The Morgan fingerprint density at radius 3 is 2.50 bits per heavy atom. The maximum Gasteiger partial charge on any atom is 0.345 e. The number of methoxy groups -OCH3 is 1. The monoisotopic (exact) mass is 353 g/mol. The maximum absolute atomic E-state index is 12.8. The van der Waals surface area contributed by atoms with E-state index in [9.17, 15) is 14.7 Å². The average Bonchev–Trinajstić information content (AvgIpc) is 3.13. The number of hydrogen-bond acceptors (Lipinski definition) is 5. The number of carbonyl (C=O) groups excluding carboxylic acids is 2. The lowest BCUT2D eigenvalue weighted by Crippen LogP contribution is -2.54. The molecule has 26 heavy (non-hydrogen) atoms. The molecule has 1 aromatic carbocycles. The fraction of sp³-hybridized carbons (Fsp3) is 0.333. The quantitative estimate of drug-likeness (QED) is 0.643. The zero-order valence-electron chi connectivity index (χ0n) is 15.0. The average molecular weight is 353 g/mol. The molecule has 1 aromatic rings. The van der Waals surface area contributed by atoms with Crippen LogP contribution in [0.5, 0.6) is 0 Å². The summed E-state index contributed by atoms with van der Waals surface area (Å²) in [6.45, 7) is 1.97. The smallest absolute Gasteiger partial charge is 0.345 e.